The van der Waals surface area contributed by atoms with Crippen molar-refractivity contribution in [3.8, 4) is 0 Å². The van der Waals surface area contributed by atoms with Gasteiger partial charge in [-0.3, -0.25) is 18.7 Å². The molecule has 0 spiro atoms. The van der Waals surface area contributed by atoms with Crippen LogP contribution in [0.25, 0.3) is 6.08 Å². The summed E-state index contributed by atoms with van der Waals surface area (Å²) in [6, 6.07) is 8.48. The number of carbonyl (C=O) groups is 2. The Labute approximate surface area is 228 Å². The molecule has 1 aliphatic heterocycles. The predicted octanol–water partition coefficient (Wildman–Crippen LogP) is 1.13. The van der Waals surface area contributed by atoms with Gasteiger partial charge in [0.05, 0.1) is 29.8 Å². The number of hydrogen-bond acceptors (Lipinski definition) is 9. The van der Waals surface area contributed by atoms with Crippen molar-refractivity contribution in [2.45, 2.75) is 25.9 Å². The number of ketones is 1. The molecule has 1 fully saturated rings. The van der Waals surface area contributed by atoms with E-state index in [-0.39, 0.29) is 29.0 Å². The van der Waals surface area contributed by atoms with Gasteiger partial charge in [0.1, 0.15) is 16.5 Å². The summed E-state index contributed by atoms with van der Waals surface area (Å²) in [5.41, 5.74) is 5.60. The Morgan fingerprint density at radius 3 is 2.56 bits per heavy atom. The van der Waals surface area contributed by atoms with E-state index < -0.39 is 51.1 Å². The molecule has 0 bridgehead atoms. The van der Waals surface area contributed by atoms with Crippen LogP contribution in [0.1, 0.15) is 39.6 Å². The number of Topliss-reactive ketones (excluding diaryl/α,β-unsaturated/α-hetero) is 1. The number of ether oxygens (including phenoxy) is 1. The molecule has 206 valence electrons. The van der Waals surface area contributed by atoms with Crippen LogP contribution in [0.4, 0.5) is 5.82 Å². The van der Waals surface area contributed by atoms with Gasteiger partial charge in [0.15, 0.2) is 16.4 Å². The number of esters is 1. The van der Waals surface area contributed by atoms with Crippen LogP contribution in [0.15, 0.2) is 46.0 Å². The van der Waals surface area contributed by atoms with E-state index in [1.807, 2.05) is 0 Å². The molecule has 4 rings (SSSR count). The second-order valence-corrected chi connectivity index (χ2v) is 11.7. The molecule has 0 aliphatic carbocycles. The molecule has 1 aromatic carbocycles. The maximum atomic E-state index is 12.9. The monoisotopic (exact) mass is 575 g/mol. The second-order valence-electron chi connectivity index (χ2n) is 9.13. The zero-order valence-electron chi connectivity index (χ0n) is 21.2. The van der Waals surface area contributed by atoms with Gasteiger partial charge < -0.3 is 10.5 Å². The Hall–Kier alpha value is -3.97. The van der Waals surface area contributed by atoms with E-state index in [2.05, 4.69) is 5.10 Å². The number of nitrogens with two attached hydrogens (primary N) is 1. The van der Waals surface area contributed by atoms with E-state index in [1.54, 1.807) is 37.3 Å². The zero-order valence-corrected chi connectivity index (χ0v) is 22.7. The van der Waals surface area contributed by atoms with Gasteiger partial charge in [-0.1, -0.05) is 41.9 Å². The van der Waals surface area contributed by atoms with E-state index in [0.717, 1.165) is 20.8 Å². The van der Waals surface area contributed by atoms with Crippen LogP contribution in [0.3, 0.4) is 0 Å². The Kier molecular flexibility index (Phi) is 7.93. The molecule has 0 unspecified atom stereocenters. The van der Waals surface area contributed by atoms with Crippen molar-refractivity contribution < 1.29 is 22.7 Å². The largest absolute Gasteiger partial charge is 0.454 e. The van der Waals surface area contributed by atoms with E-state index in [4.69, 9.17) is 22.1 Å². The van der Waals surface area contributed by atoms with Gasteiger partial charge in [0, 0.05) is 18.7 Å². The number of rotatable bonds is 8. The summed E-state index contributed by atoms with van der Waals surface area (Å²) < 4.78 is 31.9. The third kappa shape index (κ3) is 5.88. The molecule has 39 heavy (non-hydrogen) atoms. The summed E-state index contributed by atoms with van der Waals surface area (Å²) in [7, 11) is -1.93. The molecule has 2 aromatic heterocycles. The average Bonchev–Trinajstić information content (AvgIpc) is 3.40. The summed E-state index contributed by atoms with van der Waals surface area (Å²) in [6.07, 6.45) is 2.78. The smallest absolute Gasteiger partial charge is 0.332 e. The summed E-state index contributed by atoms with van der Waals surface area (Å²) in [5, 5.41) is 4.48. The number of benzene rings is 1. The number of nitrogens with zero attached hydrogens (tertiary/aromatic N) is 4. The van der Waals surface area contributed by atoms with Gasteiger partial charge in [-0.05, 0) is 25.0 Å². The van der Waals surface area contributed by atoms with Crippen LogP contribution in [0, 0.1) is 6.92 Å². The van der Waals surface area contributed by atoms with Gasteiger partial charge in [-0.2, -0.15) is 5.10 Å². The highest BCUT2D eigenvalue weighted by Crippen LogP contribution is 2.30. The molecule has 1 atom stereocenters. The Balaban J connectivity index is 1.48. The quantitative estimate of drug-likeness (QED) is 0.235. The van der Waals surface area contributed by atoms with Crippen LogP contribution in [0.5, 0.6) is 0 Å². The fourth-order valence-electron chi connectivity index (χ4n) is 4.30. The number of halogens is 1. The Bertz CT molecular complexity index is 1700. The maximum Gasteiger partial charge on any atom is 0.332 e. The van der Waals surface area contributed by atoms with E-state index in [1.165, 1.54) is 17.8 Å². The van der Waals surface area contributed by atoms with Crippen LogP contribution < -0.4 is 17.0 Å². The van der Waals surface area contributed by atoms with Crippen LogP contribution in [0.2, 0.25) is 5.15 Å². The molecule has 3 aromatic rings. The van der Waals surface area contributed by atoms with Crippen LogP contribution in [-0.2, 0) is 33.0 Å². The van der Waals surface area contributed by atoms with Crippen molar-refractivity contribution in [3.63, 3.8) is 0 Å². The van der Waals surface area contributed by atoms with Gasteiger partial charge in [-0.25, -0.2) is 22.7 Å². The molecule has 0 radical (unpaired) electrons. The van der Waals surface area contributed by atoms with Crippen molar-refractivity contribution in [2.24, 2.45) is 7.05 Å². The van der Waals surface area contributed by atoms with Gasteiger partial charge >= 0.3 is 11.7 Å². The molecule has 12 nitrogen and oxygen atoms in total. The first-order valence-electron chi connectivity index (χ1n) is 11.9. The topological polar surface area (TPSA) is 165 Å². The number of hydrogen-bond donors (Lipinski definition) is 1. The molecule has 0 amide bonds. The van der Waals surface area contributed by atoms with E-state index in [0.29, 0.717) is 17.7 Å². The minimum absolute atomic E-state index is 0.0308. The first kappa shape index (κ1) is 28.0. The minimum Gasteiger partial charge on any atom is -0.454 e. The van der Waals surface area contributed by atoms with E-state index >= 15 is 0 Å². The van der Waals surface area contributed by atoms with Crippen molar-refractivity contribution in [2.75, 3.05) is 23.8 Å². The number of aromatic nitrogens is 4. The van der Waals surface area contributed by atoms with Crippen LogP contribution in [-0.4, -0.2) is 57.2 Å². The lowest BCUT2D eigenvalue weighted by Gasteiger charge is -2.14. The Morgan fingerprint density at radius 1 is 1.23 bits per heavy atom. The average molecular weight is 576 g/mol. The third-order valence-corrected chi connectivity index (χ3v) is 8.53. The zero-order chi connectivity index (χ0) is 28.5. The summed E-state index contributed by atoms with van der Waals surface area (Å²) >= 11 is 6.40. The van der Waals surface area contributed by atoms with Gasteiger partial charge in [0.25, 0.3) is 5.56 Å². The second kappa shape index (κ2) is 11.0. The van der Waals surface area contributed by atoms with Crippen LogP contribution >= 0.6 is 11.6 Å². The lowest BCUT2D eigenvalue weighted by Crippen LogP contribution is -2.43. The first-order chi connectivity index (χ1) is 18.4. The highest BCUT2D eigenvalue weighted by molar-refractivity contribution is 7.91. The molecular formula is C25H26ClN5O7S. The normalized spacial score (nSPS) is 16.5. The number of aryl methyl sites for hydroxylation is 1. The van der Waals surface area contributed by atoms with Crippen molar-refractivity contribution >= 4 is 45.1 Å². The minimum atomic E-state index is -3.15. The molecule has 14 heteroatoms. The van der Waals surface area contributed by atoms with Gasteiger partial charge in [0.2, 0.25) is 5.78 Å². The molecule has 1 aliphatic rings. The lowest BCUT2D eigenvalue weighted by molar-refractivity contribution is -0.136. The van der Waals surface area contributed by atoms with Crippen molar-refractivity contribution in [3.05, 3.63) is 84.8 Å². The third-order valence-electron chi connectivity index (χ3n) is 6.40. The van der Waals surface area contributed by atoms with Crippen molar-refractivity contribution in [1.29, 1.82) is 0 Å². The molecule has 1 saturated heterocycles. The Morgan fingerprint density at radius 2 is 1.92 bits per heavy atom. The van der Waals surface area contributed by atoms with Crippen molar-refractivity contribution in [1.82, 2.24) is 18.9 Å². The maximum absolute atomic E-state index is 12.9. The lowest BCUT2D eigenvalue weighted by atomic mass is 10.2. The fraction of sp³-hybridized carbons (Fsp3) is 0.320. The molecule has 0 saturated carbocycles. The molecule has 2 N–H and O–H groups in total. The summed E-state index contributed by atoms with van der Waals surface area (Å²) in [5.74, 6) is -2.12. The SMILES string of the molecule is Cc1nn([C@@H]2CCS(=O)(=O)C2)c(Cl)c1/C=C/C(=O)OCC(=O)c1c(N)n(Cc2ccccc2)c(=O)n(C)c1=O. The standard InChI is InChI=1S/C25H26ClN5O7S/c1-15-18(22(26)31(28-15)17-10-11-39(36,37)14-17)8-9-20(33)38-13-19(32)21-23(27)30(25(35)29(2)24(21)34)12-16-6-4-3-5-7-16/h3-9,17H,10-14,27H2,1-2H3/b9-8+/t17-/m1/s1. The van der Waals surface area contributed by atoms with E-state index in [9.17, 15) is 27.6 Å². The number of sulfone groups is 1. The number of nitrogen functional groups attached to an aromatic ring is 1. The molecule has 3 heterocycles. The highest BCUT2D eigenvalue weighted by Gasteiger charge is 2.32. The summed E-state index contributed by atoms with van der Waals surface area (Å²) in [6.45, 7) is 0.893. The van der Waals surface area contributed by atoms with Gasteiger partial charge in [-0.15, -0.1) is 0 Å². The number of anilines is 1. The molecular weight excluding hydrogens is 550 g/mol. The highest BCUT2D eigenvalue weighted by atomic mass is 35.5. The predicted molar refractivity (Wildman–Crippen MR) is 145 cm³/mol. The summed E-state index contributed by atoms with van der Waals surface area (Å²) in [4.78, 5) is 50.5. The first-order valence-corrected chi connectivity index (χ1v) is 14.1. The fourth-order valence-corrected chi connectivity index (χ4v) is 6.37. The number of carbonyl (C=O) groups excluding carboxylic acids is 2.